The van der Waals surface area contributed by atoms with Gasteiger partial charge in [-0.25, -0.2) is 0 Å². The molecule has 6 rings (SSSR count). The highest BCUT2D eigenvalue weighted by molar-refractivity contribution is 6.31. The lowest BCUT2D eigenvalue weighted by Crippen LogP contribution is -2.40. The molecule has 1 unspecified atom stereocenters. The normalized spacial score (nSPS) is 22.1. The van der Waals surface area contributed by atoms with E-state index in [-0.39, 0.29) is 47.7 Å². The molecule has 2 heterocycles. The summed E-state index contributed by atoms with van der Waals surface area (Å²) in [7, 11) is 0. The zero-order chi connectivity index (χ0) is 33.1. The Kier molecular flexibility index (Phi) is 9.75. The van der Waals surface area contributed by atoms with Crippen LogP contribution in [0.1, 0.15) is 82.4 Å². The second-order valence-electron chi connectivity index (χ2n) is 13.6. The number of fused-ring (bicyclic) bond motifs is 1. The van der Waals surface area contributed by atoms with Crippen LogP contribution in [0.2, 0.25) is 5.02 Å². The van der Waals surface area contributed by atoms with Gasteiger partial charge in [-0.05, 0) is 60.9 Å². The molecule has 0 radical (unpaired) electrons. The van der Waals surface area contributed by atoms with Crippen molar-refractivity contribution in [3.8, 4) is 5.75 Å². The molecule has 2 aromatic carbocycles. The maximum absolute atomic E-state index is 14.4. The van der Waals surface area contributed by atoms with Crippen molar-refractivity contribution in [2.45, 2.75) is 83.9 Å². The fourth-order valence-electron chi connectivity index (χ4n) is 6.99. The van der Waals surface area contributed by atoms with Gasteiger partial charge in [-0.15, -0.1) is 0 Å². The topological polar surface area (TPSA) is 120 Å². The Hall–Kier alpha value is -4.08. The number of aliphatic hydroxyl groups is 1. The Balaban J connectivity index is 1.36. The summed E-state index contributed by atoms with van der Waals surface area (Å²) in [4.78, 5) is 42.9. The molecule has 0 spiro atoms. The first-order valence-electron chi connectivity index (χ1n) is 16.5. The van der Waals surface area contributed by atoms with Gasteiger partial charge >= 0.3 is 0 Å². The summed E-state index contributed by atoms with van der Waals surface area (Å²) >= 11 is 7.01. The number of allylic oxidation sites excluding steroid dienone is 3. The summed E-state index contributed by atoms with van der Waals surface area (Å²) in [5, 5.41) is 21.2. The molecule has 0 saturated carbocycles. The van der Waals surface area contributed by atoms with Gasteiger partial charge in [0.15, 0.2) is 5.78 Å². The molecule has 10 heteroatoms. The number of aliphatic hydroxyl groups excluding tert-OH is 1. The van der Waals surface area contributed by atoms with Gasteiger partial charge in [0.2, 0.25) is 11.8 Å². The molecule has 2 aliphatic heterocycles. The van der Waals surface area contributed by atoms with Crippen molar-refractivity contribution in [1.82, 2.24) is 20.9 Å². The largest absolute Gasteiger partial charge is 0.510 e. The van der Waals surface area contributed by atoms with Crippen molar-refractivity contribution < 1.29 is 24.2 Å². The van der Waals surface area contributed by atoms with Crippen LogP contribution < -0.4 is 20.7 Å². The van der Waals surface area contributed by atoms with E-state index in [1.807, 2.05) is 56.3 Å². The molecule has 4 aliphatic rings. The van der Waals surface area contributed by atoms with Crippen LogP contribution in [0, 0.1) is 5.41 Å². The van der Waals surface area contributed by atoms with E-state index in [4.69, 9.17) is 16.3 Å². The summed E-state index contributed by atoms with van der Waals surface area (Å²) in [5.41, 5.74) is 3.27. The molecule has 1 fully saturated rings. The number of Topliss-reactive ketones (excluding diaryl/α,β-unsaturated/α-hetero) is 1. The third-order valence-corrected chi connectivity index (χ3v) is 9.64. The van der Waals surface area contributed by atoms with Crippen molar-refractivity contribution in [2.24, 2.45) is 5.41 Å². The van der Waals surface area contributed by atoms with Crippen LogP contribution in [-0.2, 0) is 21.0 Å². The van der Waals surface area contributed by atoms with Gasteiger partial charge in [0.05, 0.1) is 11.7 Å². The molecule has 1 saturated heterocycles. The molecular formula is C37H43ClN4O5. The quantitative estimate of drug-likeness (QED) is 0.256. The number of benzene rings is 2. The third kappa shape index (κ3) is 7.41. The summed E-state index contributed by atoms with van der Waals surface area (Å²) in [5.74, 6) is 0.0489. The Labute approximate surface area is 281 Å². The van der Waals surface area contributed by atoms with Crippen LogP contribution in [0.4, 0.5) is 0 Å². The molecule has 2 amide bonds. The van der Waals surface area contributed by atoms with E-state index in [9.17, 15) is 19.5 Å². The predicted molar refractivity (Wildman–Crippen MR) is 180 cm³/mol. The number of carbonyl (C=O) groups is 3. The second-order valence-corrected chi connectivity index (χ2v) is 14.0. The van der Waals surface area contributed by atoms with Gasteiger partial charge in [0.1, 0.15) is 23.8 Å². The average Bonchev–Trinajstić information content (AvgIpc) is 3.51. The fraction of sp³-hybridized carbons (Fsp3) is 0.432. The van der Waals surface area contributed by atoms with Gasteiger partial charge in [-0.1, -0.05) is 67.9 Å². The molecule has 2 aromatic rings. The number of halogens is 1. The predicted octanol–water partition coefficient (Wildman–Crippen LogP) is 6.13. The van der Waals surface area contributed by atoms with Gasteiger partial charge < -0.3 is 25.8 Å². The maximum Gasteiger partial charge on any atom is 0.228 e. The Morgan fingerprint density at radius 3 is 2.68 bits per heavy atom. The number of hydrogen-bond donors (Lipinski definition) is 4. The van der Waals surface area contributed by atoms with E-state index in [0.29, 0.717) is 77.8 Å². The number of rotatable bonds is 9. The molecule has 0 aromatic heterocycles. The molecule has 2 aliphatic carbocycles. The molecule has 248 valence electrons. The van der Waals surface area contributed by atoms with Crippen LogP contribution >= 0.6 is 11.6 Å². The number of ether oxygens (including phenoxy) is 1. The summed E-state index contributed by atoms with van der Waals surface area (Å²) in [6.45, 7) is 5.89. The van der Waals surface area contributed by atoms with Crippen molar-refractivity contribution in [1.29, 1.82) is 0 Å². The minimum absolute atomic E-state index is 0.00656. The first kappa shape index (κ1) is 32.8. The molecule has 2 atom stereocenters. The lowest BCUT2D eigenvalue weighted by Gasteiger charge is -2.37. The van der Waals surface area contributed by atoms with Crippen molar-refractivity contribution >= 4 is 29.2 Å². The number of nitrogens with one attached hydrogen (secondary N) is 3. The number of carbonyl (C=O) groups excluding carboxylic acids is 3. The standard InChI is InChI=1S/C37H43ClN4O5/c1-37(2)19-28-34(31(44)20-37)36(26-14-13-25(18-27(26)38)47-22-23-8-4-3-5-9-23)42(29-11-6-12-30(43)35(29)41-28)33(46)16-15-32(45)40-21-24-10-7-17-39-24/h3-5,8-9,11,13-14,18,24,36,39,41,43H,6-7,10,12,15-17,19-22H2,1-2H3,(H,40,45)/t24-,36?/m1/s1. The SMILES string of the molecule is CC1(C)CC(=O)C2=C(C1)NC1=C(O)CCC=C1N(C(=O)CCC(=O)NC[C@H]1CCCN1)C2c1ccc(OCc2ccccc2)cc1Cl. The van der Waals surface area contributed by atoms with Crippen molar-refractivity contribution in [3.05, 3.63) is 99.2 Å². The first-order chi connectivity index (χ1) is 22.6. The molecule has 47 heavy (non-hydrogen) atoms. The first-order valence-corrected chi connectivity index (χ1v) is 16.9. The highest BCUT2D eigenvalue weighted by Gasteiger charge is 2.45. The van der Waals surface area contributed by atoms with E-state index >= 15 is 0 Å². The van der Waals surface area contributed by atoms with Gasteiger partial charge in [-0.2, -0.15) is 0 Å². The summed E-state index contributed by atoms with van der Waals surface area (Å²) in [6.07, 6.45) is 5.68. The lowest BCUT2D eigenvalue weighted by atomic mass is 9.73. The van der Waals surface area contributed by atoms with E-state index in [1.54, 1.807) is 17.0 Å². The molecule has 9 nitrogen and oxygen atoms in total. The fourth-order valence-corrected chi connectivity index (χ4v) is 7.26. The number of nitrogens with zero attached hydrogens (tertiary/aromatic N) is 1. The summed E-state index contributed by atoms with van der Waals surface area (Å²) in [6, 6.07) is 14.5. The van der Waals surface area contributed by atoms with E-state index in [1.165, 1.54) is 0 Å². The van der Waals surface area contributed by atoms with Crippen LogP contribution in [0.5, 0.6) is 5.75 Å². The highest BCUT2D eigenvalue weighted by Crippen LogP contribution is 2.49. The van der Waals surface area contributed by atoms with E-state index in [2.05, 4.69) is 16.0 Å². The Morgan fingerprint density at radius 1 is 1.13 bits per heavy atom. The average molecular weight is 659 g/mol. The van der Waals surface area contributed by atoms with Crippen LogP contribution in [-0.4, -0.2) is 46.7 Å². The van der Waals surface area contributed by atoms with Crippen LogP contribution in [0.15, 0.2) is 83.0 Å². The van der Waals surface area contributed by atoms with Crippen molar-refractivity contribution in [3.63, 3.8) is 0 Å². The van der Waals surface area contributed by atoms with Crippen LogP contribution in [0.3, 0.4) is 0 Å². The molecule has 4 N–H and O–H groups in total. The van der Waals surface area contributed by atoms with E-state index < -0.39 is 6.04 Å². The number of amides is 2. The maximum atomic E-state index is 14.4. The monoisotopic (exact) mass is 658 g/mol. The smallest absolute Gasteiger partial charge is 0.228 e. The molecular weight excluding hydrogens is 616 g/mol. The number of hydrogen-bond acceptors (Lipinski definition) is 7. The third-order valence-electron chi connectivity index (χ3n) is 9.31. The minimum atomic E-state index is -0.871. The van der Waals surface area contributed by atoms with Crippen molar-refractivity contribution in [2.75, 3.05) is 13.1 Å². The second kappa shape index (κ2) is 14.0. The highest BCUT2D eigenvalue weighted by atomic mass is 35.5. The van der Waals surface area contributed by atoms with Gasteiger partial charge in [0.25, 0.3) is 0 Å². The number of ketones is 1. The summed E-state index contributed by atoms with van der Waals surface area (Å²) < 4.78 is 6.04. The molecule has 0 bridgehead atoms. The minimum Gasteiger partial charge on any atom is -0.510 e. The Bertz CT molecular complexity index is 1640. The van der Waals surface area contributed by atoms with Crippen LogP contribution in [0.25, 0.3) is 0 Å². The zero-order valence-electron chi connectivity index (χ0n) is 27.0. The lowest BCUT2D eigenvalue weighted by molar-refractivity contribution is -0.133. The van der Waals surface area contributed by atoms with Gasteiger partial charge in [-0.3, -0.25) is 19.3 Å². The Morgan fingerprint density at radius 2 is 1.94 bits per heavy atom. The van der Waals surface area contributed by atoms with Gasteiger partial charge in [0, 0.05) is 54.6 Å². The van der Waals surface area contributed by atoms with E-state index in [0.717, 1.165) is 24.9 Å². The zero-order valence-corrected chi connectivity index (χ0v) is 27.8.